The number of imide groups is 1. The van der Waals surface area contributed by atoms with Gasteiger partial charge < -0.3 is 10.1 Å². The Balaban J connectivity index is 1.40. The number of amides is 3. The van der Waals surface area contributed by atoms with Crippen LogP contribution in [-0.2, 0) is 14.3 Å². The fraction of sp³-hybridized carbons (Fsp3) is 0.292. The number of unbranched alkanes of at least 4 members (excludes halogenated alkanes) is 2. The van der Waals surface area contributed by atoms with Gasteiger partial charge >= 0.3 is 5.97 Å². The van der Waals surface area contributed by atoms with Crippen molar-refractivity contribution in [3.05, 3.63) is 61.0 Å². The Hall–Kier alpha value is -2.65. The van der Waals surface area contributed by atoms with Gasteiger partial charge in [0.2, 0.25) is 0 Å². The number of hydrogen-bond donors (Lipinski definition) is 1. The van der Waals surface area contributed by atoms with E-state index in [4.69, 9.17) is 51.1 Å². The van der Waals surface area contributed by atoms with Gasteiger partial charge in [0.15, 0.2) is 12.4 Å². The second-order valence-electron chi connectivity index (χ2n) is 7.92. The molecule has 36 heavy (non-hydrogen) atoms. The van der Waals surface area contributed by atoms with Crippen molar-refractivity contribution in [1.29, 1.82) is 0 Å². The number of nitrogens with zero attached hydrogens (tertiary/aromatic N) is 1. The van der Waals surface area contributed by atoms with Crippen LogP contribution in [0.5, 0.6) is 0 Å². The van der Waals surface area contributed by atoms with Gasteiger partial charge in [0.05, 0.1) is 31.2 Å². The number of benzene rings is 2. The van der Waals surface area contributed by atoms with E-state index in [-0.39, 0.29) is 50.0 Å². The summed E-state index contributed by atoms with van der Waals surface area (Å²) in [4.78, 5) is 61.7. The van der Waals surface area contributed by atoms with Crippen LogP contribution in [0.25, 0.3) is 0 Å². The van der Waals surface area contributed by atoms with Crippen molar-refractivity contribution in [3.63, 3.8) is 0 Å². The topological polar surface area (TPSA) is 110 Å². The predicted octanol–water partition coefficient (Wildman–Crippen LogP) is 5.84. The summed E-state index contributed by atoms with van der Waals surface area (Å²) in [6.45, 7) is 1.04. The van der Waals surface area contributed by atoms with Gasteiger partial charge in [-0.2, -0.15) is 0 Å². The van der Waals surface area contributed by atoms with Crippen LogP contribution in [0.1, 0.15) is 63.7 Å². The summed E-state index contributed by atoms with van der Waals surface area (Å²) in [5.41, 5.74) is 0.723. The molecule has 8 nitrogen and oxygen atoms in total. The molecule has 190 valence electrons. The number of halogens is 4. The number of ketones is 1. The quantitative estimate of drug-likeness (QED) is 0.0954. The molecule has 1 aliphatic rings. The first-order valence-electron chi connectivity index (χ1n) is 10.8. The minimum absolute atomic E-state index is 0.0537. The van der Waals surface area contributed by atoms with Gasteiger partial charge in [-0.1, -0.05) is 65.0 Å². The molecule has 0 aliphatic carbocycles. The van der Waals surface area contributed by atoms with Crippen LogP contribution >= 0.6 is 46.4 Å². The highest BCUT2D eigenvalue weighted by Gasteiger charge is 2.41. The average Bonchev–Trinajstić information content (AvgIpc) is 3.09. The monoisotopic (exact) mass is 572 g/mol. The van der Waals surface area contributed by atoms with E-state index in [1.807, 2.05) is 0 Å². The van der Waals surface area contributed by atoms with Crippen molar-refractivity contribution >= 4 is 81.6 Å². The molecule has 0 fully saturated rings. The van der Waals surface area contributed by atoms with E-state index in [1.165, 1.54) is 13.0 Å². The van der Waals surface area contributed by atoms with Crippen LogP contribution in [0.4, 0.5) is 5.69 Å². The highest BCUT2D eigenvalue weighted by atomic mass is 35.5. The Bertz CT molecular complexity index is 1220. The Labute approximate surface area is 226 Å². The molecule has 0 spiro atoms. The highest BCUT2D eigenvalue weighted by Crippen LogP contribution is 2.44. The van der Waals surface area contributed by atoms with Crippen molar-refractivity contribution in [2.45, 2.75) is 32.6 Å². The number of Topliss-reactive ketones (excluding diaryl/α,β-unsaturated/α-hetero) is 1. The number of anilines is 1. The van der Waals surface area contributed by atoms with Crippen LogP contribution in [0.2, 0.25) is 20.1 Å². The van der Waals surface area contributed by atoms with Crippen molar-refractivity contribution in [3.8, 4) is 0 Å². The number of esters is 1. The van der Waals surface area contributed by atoms with Crippen LogP contribution in [0.3, 0.4) is 0 Å². The third-order valence-corrected chi connectivity index (χ3v) is 7.17. The Morgan fingerprint density at radius 1 is 0.889 bits per heavy atom. The van der Waals surface area contributed by atoms with E-state index in [1.54, 1.807) is 18.2 Å². The molecule has 3 amide bonds. The smallest absolute Gasteiger partial charge is 0.306 e. The fourth-order valence-electron chi connectivity index (χ4n) is 3.55. The predicted molar refractivity (Wildman–Crippen MR) is 136 cm³/mol. The highest BCUT2D eigenvalue weighted by molar-refractivity contribution is 6.55. The van der Waals surface area contributed by atoms with E-state index in [0.29, 0.717) is 30.5 Å². The molecule has 2 aromatic rings. The summed E-state index contributed by atoms with van der Waals surface area (Å²) in [5, 5.41) is 2.12. The van der Waals surface area contributed by atoms with Crippen molar-refractivity contribution in [1.82, 2.24) is 4.90 Å². The van der Waals surface area contributed by atoms with Crippen LogP contribution in [0.15, 0.2) is 24.3 Å². The number of hydrogen-bond acceptors (Lipinski definition) is 6. The first-order chi connectivity index (χ1) is 17.0. The van der Waals surface area contributed by atoms with E-state index in [0.717, 1.165) is 4.90 Å². The molecule has 2 aromatic carbocycles. The maximum Gasteiger partial charge on any atom is 0.306 e. The van der Waals surface area contributed by atoms with Gasteiger partial charge in [0.25, 0.3) is 17.7 Å². The van der Waals surface area contributed by atoms with Crippen LogP contribution in [0, 0.1) is 0 Å². The summed E-state index contributed by atoms with van der Waals surface area (Å²) in [6, 6.07) is 6.41. The van der Waals surface area contributed by atoms with Gasteiger partial charge in [-0.3, -0.25) is 28.9 Å². The van der Waals surface area contributed by atoms with Gasteiger partial charge in [-0.25, -0.2) is 0 Å². The maximum absolute atomic E-state index is 12.7. The summed E-state index contributed by atoms with van der Waals surface area (Å²) in [7, 11) is 0. The summed E-state index contributed by atoms with van der Waals surface area (Å²) in [5.74, 6) is -2.46. The minimum atomic E-state index is -0.611. The third kappa shape index (κ3) is 6.18. The zero-order valence-corrected chi connectivity index (χ0v) is 22.0. The fourth-order valence-corrected chi connectivity index (χ4v) is 4.56. The molecule has 1 aliphatic heterocycles. The summed E-state index contributed by atoms with van der Waals surface area (Å²) >= 11 is 24.2. The molecule has 0 atom stereocenters. The molecule has 1 heterocycles. The van der Waals surface area contributed by atoms with Crippen molar-refractivity contribution in [2.24, 2.45) is 0 Å². The standard InChI is InChI=1S/C24H20Cl4N2O6/c1-12(31)13-6-5-7-14(10-13)29-15(32)11-36-16(33)8-3-2-4-9-30-23(34)17-18(24(30)35)20(26)22(28)21(27)19(17)25/h5-7,10H,2-4,8-9,11H2,1H3,(H,29,32). The average molecular weight is 574 g/mol. The first-order valence-corrected chi connectivity index (χ1v) is 12.3. The van der Waals surface area contributed by atoms with E-state index in [9.17, 15) is 24.0 Å². The van der Waals surface area contributed by atoms with Crippen LogP contribution in [-0.4, -0.2) is 47.5 Å². The molecular formula is C24H20Cl4N2O6. The molecule has 3 rings (SSSR count). The second kappa shape index (κ2) is 12.1. The van der Waals surface area contributed by atoms with E-state index in [2.05, 4.69) is 5.32 Å². The zero-order valence-electron chi connectivity index (χ0n) is 19.0. The zero-order chi connectivity index (χ0) is 26.6. The lowest BCUT2D eigenvalue weighted by atomic mass is 10.1. The summed E-state index contributed by atoms with van der Waals surface area (Å²) < 4.78 is 4.97. The van der Waals surface area contributed by atoms with E-state index < -0.39 is 30.3 Å². The van der Waals surface area contributed by atoms with Gasteiger partial charge in [-0.05, 0) is 31.9 Å². The molecule has 0 saturated heterocycles. The van der Waals surface area contributed by atoms with Crippen molar-refractivity contribution in [2.75, 3.05) is 18.5 Å². The lowest BCUT2D eigenvalue weighted by Crippen LogP contribution is -2.30. The van der Waals surface area contributed by atoms with Gasteiger partial charge in [0.1, 0.15) is 0 Å². The maximum atomic E-state index is 12.7. The molecule has 0 saturated carbocycles. The molecule has 0 unspecified atom stereocenters. The Morgan fingerprint density at radius 2 is 1.50 bits per heavy atom. The van der Waals surface area contributed by atoms with Crippen molar-refractivity contribution < 1.29 is 28.7 Å². The summed E-state index contributed by atoms with van der Waals surface area (Å²) in [6.07, 6.45) is 1.40. The van der Waals surface area contributed by atoms with Crippen LogP contribution < -0.4 is 5.32 Å². The number of rotatable bonds is 10. The molecule has 0 radical (unpaired) electrons. The lowest BCUT2D eigenvalue weighted by Gasteiger charge is -2.13. The number of carbonyl (C=O) groups is 5. The first kappa shape index (κ1) is 27.9. The number of fused-ring (bicyclic) bond motifs is 1. The second-order valence-corrected chi connectivity index (χ2v) is 9.44. The molecule has 0 aromatic heterocycles. The third-order valence-electron chi connectivity index (χ3n) is 5.36. The molecule has 12 heteroatoms. The molecule has 1 N–H and O–H groups in total. The molecular weight excluding hydrogens is 554 g/mol. The normalized spacial score (nSPS) is 12.5. The SMILES string of the molecule is CC(=O)c1cccc(NC(=O)COC(=O)CCCCCN2C(=O)c3c(Cl)c(Cl)c(Cl)c(Cl)c3C2=O)c1. The number of ether oxygens (including phenoxy) is 1. The number of carbonyl (C=O) groups excluding carboxylic acids is 5. The molecule has 0 bridgehead atoms. The Kier molecular flexibility index (Phi) is 9.35. The minimum Gasteiger partial charge on any atom is -0.456 e. The lowest BCUT2D eigenvalue weighted by molar-refractivity contribution is -0.147. The van der Waals surface area contributed by atoms with E-state index >= 15 is 0 Å². The number of nitrogens with one attached hydrogen (secondary N) is 1. The largest absolute Gasteiger partial charge is 0.456 e. The van der Waals surface area contributed by atoms with Gasteiger partial charge in [0, 0.05) is 24.2 Å². The Morgan fingerprint density at radius 3 is 2.08 bits per heavy atom. The van der Waals surface area contributed by atoms with Gasteiger partial charge in [-0.15, -0.1) is 0 Å².